The van der Waals surface area contributed by atoms with E-state index in [0.717, 1.165) is 44.7 Å². The number of benzene rings is 1. The summed E-state index contributed by atoms with van der Waals surface area (Å²) in [5, 5.41) is 14.3. The Labute approximate surface area is 163 Å². The largest absolute Gasteiger partial charge is 0.361 e. The van der Waals surface area contributed by atoms with E-state index in [1.165, 1.54) is 0 Å². The van der Waals surface area contributed by atoms with Crippen LogP contribution in [0.3, 0.4) is 0 Å². The highest BCUT2D eigenvalue weighted by Crippen LogP contribution is 2.32. The summed E-state index contributed by atoms with van der Waals surface area (Å²) in [4.78, 5) is 11.8. The SMILES string of the molecule is Cc1ncc(C#N)c(Nc2ccc3[nH]ccc3c2C)c1C=Cc1cccnc1. The van der Waals surface area contributed by atoms with Crippen molar-refractivity contribution in [3.05, 3.63) is 83.1 Å². The maximum atomic E-state index is 9.64. The Balaban J connectivity index is 1.80. The van der Waals surface area contributed by atoms with Crippen LogP contribution in [0.25, 0.3) is 23.1 Å². The van der Waals surface area contributed by atoms with Crippen LogP contribution in [0.4, 0.5) is 11.4 Å². The molecule has 3 aromatic heterocycles. The lowest BCUT2D eigenvalue weighted by Crippen LogP contribution is -2.02. The number of nitrogens with zero attached hydrogens (tertiary/aromatic N) is 3. The van der Waals surface area contributed by atoms with Crippen LogP contribution < -0.4 is 5.32 Å². The second-order valence-corrected chi connectivity index (χ2v) is 6.58. The lowest BCUT2D eigenvalue weighted by Gasteiger charge is -2.15. The summed E-state index contributed by atoms with van der Waals surface area (Å²) >= 11 is 0. The summed E-state index contributed by atoms with van der Waals surface area (Å²) in [6.07, 6.45) is 11.0. The van der Waals surface area contributed by atoms with E-state index in [1.54, 1.807) is 18.6 Å². The highest BCUT2D eigenvalue weighted by molar-refractivity contribution is 5.90. The minimum Gasteiger partial charge on any atom is -0.361 e. The highest BCUT2D eigenvalue weighted by atomic mass is 14.9. The molecule has 0 fully saturated rings. The van der Waals surface area contributed by atoms with Crippen LogP contribution in [0.1, 0.15) is 27.9 Å². The summed E-state index contributed by atoms with van der Waals surface area (Å²) in [7, 11) is 0. The zero-order valence-electron chi connectivity index (χ0n) is 15.7. The number of aromatic nitrogens is 3. The number of fused-ring (bicyclic) bond motifs is 1. The lowest BCUT2D eigenvalue weighted by molar-refractivity contribution is 1.18. The van der Waals surface area contributed by atoms with Crippen molar-refractivity contribution >= 4 is 34.4 Å². The van der Waals surface area contributed by atoms with Crippen LogP contribution in [0, 0.1) is 25.2 Å². The van der Waals surface area contributed by atoms with Crippen LogP contribution in [-0.4, -0.2) is 15.0 Å². The average molecular weight is 365 g/mol. The minimum atomic E-state index is 0.505. The predicted octanol–water partition coefficient (Wildman–Crippen LogP) is 5.36. The normalized spacial score (nSPS) is 11.0. The fourth-order valence-corrected chi connectivity index (χ4v) is 3.25. The van der Waals surface area contributed by atoms with E-state index in [2.05, 4.69) is 39.3 Å². The van der Waals surface area contributed by atoms with Crippen molar-refractivity contribution in [2.45, 2.75) is 13.8 Å². The predicted molar refractivity (Wildman–Crippen MR) is 113 cm³/mol. The van der Waals surface area contributed by atoms with E-state index in [9.17, 15) is 5.26 Å². The summed E-state index contributed by atoms with van der Waals surface area (Å²) in [6, 6.07) is 12.3. The van der Waals surface area contributed by atoms with Gasteiger partial charge >= 0.3 is 0 Å². The fraction of sp³-hybridized carbons (Fsp3) is 0.0870. The summed E-state index contributed by atoms with van der Waals surface area (Å²) in [6.45, 7) is 4.02. The van der Waals surface area contributed by atoms with Crippen LogP contribution in [-0.2, 0) is 0 Å². The van der Waals surface area contributed by atoms with Crippen molar-refractivity contribution < 1.29 is 0 Å². The Morgan fingerprint density at radius 2 is 2.00 bits per heavy atom. The molecule has 2 N–H and O–H groups in total. The Kier molecular flexibility index (Phi) is 4.61. The van der Waals surface area contributed by atoms with E-state index >= 15 is 0 Å². The molecular formula is C23H19N5. The highest BCUT2D eigenvalue weighted by Gasteiger charge is 2.13. The molecule has 0 amide bonds. The molecule has 1 aromatic carbocycles. The Morgan fingerprint density at radius 1 is 1.11 bits per heavy atom. The molecule has 28 heavy (non-hydrogen) atoms. The zero-order valence-corrected chi connectivity index (χ0v) is 15.7. The Hall–Kier alpha value is -3.91. The first kappa shape index (κ1) is 17.5. The summed E-state index contributed by atoms with van der Waals surface area (Å²) in [5.74, 6) is 0. The van der Waals surface area contributed by atoms with Crippen LogP contribution in [0.2, 0.25) is 0 Å². The Morgan fingerprint density at radius 3 is 2.79 bits per heavy atom. The molecule has 0 spiro atoms. The number of nitriles is 1. The van der Waals surface area contributed by atoms with E-state index < -0.39 is 0 Å². The van der Waals surface area contributed by atoms with Gasteiger partial charge in [-0.1, -0.05) is 18.2 Å². The molecular weight excluding hydrogens is 346 g/mol. The quantitative estimate of drug-likeness (QED) is 0.510. The second kappa shape index (κ2) is 7.37. The molecule has 0 saturated carbocycles. The van der Waals surface area contributed by atoms with Gasteiger partial charge in [0.1, 0.15) is 6.07 Å². The molecule has 0 unspecified atom stereocenters. The number of pyridine rings is 2. The zero-order chi connectivity index (χ0) is 19.5. The van der Waals surface area contributed by atoms with Gasteiger partial charge in [-0.15, -0.1) is 0 Å². The van der Waals surface area contributed by atoms with Crippen molar-refractivity contribution in [1.82, 2.24) is 15.0 Å². The lowest BCUT2D eigenvalue weighted by atomic mass is 10.0. The number of anilines is 2. The number of H-pyrrole nitrogens is 1. The molecule has 4 rings (SSSR count). The van der Waals surface area contributed by atoms with Crippen LogP contribution in [0.15, 0.2) is 55.1 Å². The maximum Gasteiger partial charge on any atom is 0.103 e. The van der Waals surface area contributed by atoms with Gasteiger partial charge in [0, 0.05) is 52.6 Å². The second-order valence-electron chi connectivity index (χ2n) is 6.58. The first-order valence-electron chi connectivity index (χ1n) is 8.99. The van der Waals surface area contributed by atoms with Gasteiger partial charge in [-0.3, -0.25) is 9.97 Å². The molecule has 0 bridgehead atoms. The van der Waals surface area contributed by atoms with E-state index in [0.29, 0.717) is 5.56 Å². The molecule has 4 aromatic rings. The van der Waals surface area contributed by atoms with Gasteiger partial charge in [-0.05, 0) is 49.2 Å². The summed E-state index contributed by atoms with van der Waals surface area (Å²) < 4.78 is 0. The van der Waals surface area contributed by atoms with E-state index in [4.69, 9.17) is 0 Å². The first-order valence-corrected chi connectivity index (χ1v) is 8.99. The monoisotopic (exact) mass is 365 g/mol. The fourth-order valence-electron chi connectivity index (χ4n) is 3.25. The van der Waals surface area contributed by atoms with Crippen molar-refractivity contribution in [3.63, 3.8) is 0 Å². The van der Waals surface area contributed by atoms with Gasteiger partial charge in [0.25, 0.3) is 0 Å². The number of rotatable bonds is 4. The van der Waals surface area contributed by atoms with Crippen molar-refractivity contribution in [1.29, 1.82) is 5.26 Å². The third-order valence-electron chi connectivity index (χ3n) is 4.83. The number of hydrogen-bond donors (Lipinski definition) is 2. The number of hydrogen-bond acceptors (Lipinski definition) is 4. The topological polar surface area (TPSA) is 77.4 Å². The van der Waals surface area contributed by atoms with Crippen LogP contribution in [0.5, 0.6) is 0 Å². The number of aryl methyl sites for hydroxylation is 2. The molecule has 5 heteroatoms. The van der Waals surface area contributed by atoms with E-state index in [-0.39, 0.29) is 0 Å². The molecule has 0 aliphatic heterocycles. The Bertz CT molecular complexity index is 1210. The summed E-state index contributed by atoms with van der Waals surface area (Å²) in [5.41, 5.74) is 7.16. The molecule has 0 radical (unpaired) electrons. The van der Waals surface area contributed by atoms with E-state index in [1.807, 2.05) is 49.5 Å². The maximum absolute atomic E-state index is 9.64. The molecule has 3 heterocycles. The molecule has 0 saturated heterocycles. The van der Waals surface area contributed by atoms with Crippen molar-refractivity contribution in [2.24, 2.45) is 0 Å². The smallest absolute Gasteiger partial charge is 0.103 e. The van der Waals surface area contributed by atoms with Gasteiger partial charge in [-0.2, -0.15) is 5.26 Å². The molecule has 5 nitrogen and oxygen atoms in total. The standard InChI is InChI=1S/C23H19N5/c1-15-19-9-11-26-22(19)8-7-21(15)28-23-18(12-24)14-27-16(2)20(23)6-5-17-4-3-10-25-13-17/h3-11,13-14,26H,1-2H3,(H,27,28). The van der Waals surface area contributed by atoms with Gasteiger partial charge in [-0.25, -0.2) is 0 Å². The molecule has 0 atom stereocenters. The molecule has 136 valence electrons. The van der Waals surface area contributed by atoms with Gasteiger partial charge in [0.05, 0.1) is 11.3 Å². The van der Waals surface area contributed by atoms with Crippen molar-refractivity contribution in [2.75, 3.05) is 5.32 Å². The van der Waals surface area contributed by atoms with Crippen molar-refractivity contribution in [3.8, 4) is 6.07 Å². The molecule has 0 aliphatic carbocycles. The minimum absolute atomic E-state index is 0.505. The number of nitrogens with one attached hydrogen (secondary N) is 2. The third-order valence-corrected chi connectivity index (χ3v) is 4.83. The molecule has 0 aliphatic rings. The van der Waals surface area contributed by atoms with Gasteiger partial charge in [0.2, 0.25) is 0 Å². The van der Waals surface area contributed by atoms with Gasteiger partial charge in [0.15, 0.2) is 0 Å². The van der Waals surface area contributed by atoms with Gasteiger partial charge < -0.3 is 10.3 Å². The number of aromatic amines is 1. The third kappa shape index (κ3) is 3.24. The first-order chi connectivity index (χ1) is 13.7. The average Bonchev–Trinajstić information content (AvgIpc) is 3.20. The van der Waals surface area contributed by atoms with Crippen LogP contribution >= 0.6 is 0 Å².